The van der Waals surface area contributed by atoms with E-state index in [-0.39, 0.29) is 57.7 Å². The van der Waals surface area contributed by atoms with Crippen molar-refractivity contribution < 1.29 is 29.0 Å². The number of Topliss-reactive ketones (excluding diaryl/α,β-unsaturated/α-hetero) is 1. The molecule has 1 amide bonds. The summed E-state index contributed by atoms with van der Waals surface area (Å²) in [7, 11) is 0. The molecule has 2 N–H and O–H groups in total. The van der Waals surface area contributed by atoms with E-state index < -0.39 is 22.9 Å². The third kappa shape index (κ3) is 5.59. The zero-order valence-electron chi connectivity index (χ0n) is 32.0. The maximum Gasteiger partial charge on any atom is 0.309 e. The Labute approximate surface area is 299 Å². The molecule has 0 bridgehead atoms. The molecule has 0 radical (unpaired) electrons. The SMILES string of the molecule is CC(C)C1=C2C3CCC4[C@@]5(C)CC[C@H](OC(=O)CC(C)(C)C(=O)O)C(C)(C)C5CC[C@@]4(C)[C@]3(C)CC[C@@]2(NC(=O)Cc2ccccc2)CC1=O. The first-order valence-corrected chi connectivity index (χ1v) is 19.3. The molecule has 8 atom stereocenters. The van der Waals surface area contributed by atoms with Crippen LogP contribution < -0.4 is 5.32 Å². The summed E-state index contributed by atoms with van der Waals surface area (Å²) in [6, 6.07) is 9.87. The maximum absolute atomic E-state index is 13.9. The van der Waals surface area contributed by atoms with Crippen LogP contribution in [-0.4, -0.2) is 40.4 Å². The molecule has 5 aliphatic rings. The largest absolute Gasteiger partial charge is 0.481 e. The molecule has 0 aliphatic heterocycles. The number of allylic oxidation sites excluding steroid dienone is 1. The third-order valence-electron chi connectivity index (χ3n) is 15.4. The summed E-state index contributed by atoms with van der Waals surface area (Å²) in [4.78, 5) is 52.4. The number of nitrogens with one attached hydrogen (secondary N) is 1. The Kier molecular flexibility index (Phi) is 9.08. The van der Waals surface area contributed by atoms with E-state index in [9.17, 15) is 24.3 Å². The lowest BCUT2D eigenvalue weighted by molar-refractivity contribution is -0.232. The second-order valence-electron chi connectivity index (χ2n) is 19.2. The lowest BCUT2D eigenvalue weighted by Crippen LogP contribution is -2.67. The van der Waals surface area contributed by atoms with Crippen LogP contribution in [0.2, 0.25) is 0 Å². The van der Waals surface area contributed by atoms with Gasteiger partial charge in [-0.2, -0.15) is 0 Å². The molecule has 5 aliphatic carbocycles. The predicted octanol–water partition coefficient (Wildman–Crippen LogP) is 8.49. The van der Waals surface area contributed by atoms with Gasteiger partial charge in [0.2, 0.25) is 5.91 Å². The number of fused-ring (bicyclic) bond motifs is 7. The summed E-state index contributed by atoms with van der Waals surface area (Å²) >= 11 is 0. The second-order valence-corrected chi connectivity index (χ2v) is 19.2. The number of carboxylic acids is 1. The highest BCUT2D eigenvalue weighted by molar-refractivity contribution is 6.02. The van der Waals surface area contributed by atoms with E-state index in [1.54, 1.807) is 13.8 Å². The van der Waals surface area contributed by atoms with Crippen LogP contribution in [-0.2, 0) is 30.3 Å². The van der Waals surface area contributed by atoms with Gasteiger partial charge in [-0.05, 0) is 122 Å². The number of ether oxygens (including phenoxy) is 1. The fourth-order valence-electron chi connectivity index (χ4n) is 12.7. The topological polar surface area (TPSA) is 110 Å². The van der Waals surface area contributed by atoms with E-state index in [0.717, 1.165) is 62.5 Å². The number of benzene rings is 1. The minimum absolute atomic E-state index is 0.00533. The summed E-state index contributed by atoms with van der Waals surface area (Å²) in [5.41, 5.74) is 1.28. The summed E-state index contributed by atoms with van der Waals surface area (Å²) in [6.45, 7) is 19.5. The second kappa shape index (κ2) is 12.3. The van der Waals surface area contributed by atoms with Gasteiger partial charge in [-0.3, -0.25) is 19.2 Å². The molecule has 7 nitrogen and oxygen atoms in total. The minimum atomic E-state index is -1.16. The van der Waals surface area contributed by atoms with Gasteiger partial charge in [0.05, 0.1) is 23.8 Å². The molecular formula is C43H61NO6. The fraction of sp³-hybridized carbons (Fsp3) is 0.721. The molecule has 0 aromatic heterocycles. The van der Waals surface area contributed by atoms with Crippen LogP contribution in [0.25, 0.3) is 0 Å². The van der Waals surface area contributed by atoms with Gasteiger partial charge in [-0.1, -0.05) is 78.8 Å². The third-order valence-corrected chi connectivity index (χ3v) is 15.4. The van der Waals surface area contributed by atoms with Gasteiger partial charge in [-0.15, -0.1) is 0 Å². The molecular weight excluding hydrogens is 626 g/mol. The van der Waals surface area contributed by atoms with Crippen LogP contribution in [0.3, 0.4) is 0 Å². The Morgan fingerprint density at radius 3 is 2.22 bits per heavy atom. The van der Waals surface area contributed by atoms with Crippen LogP contribution in [0.4, 0.5) is 0 Å². The Balaban J connectivity index is 1.28. The highest BCUT2D eigenvalue weighted by atomic mass is 16.5. The normalized spacial score (nSPS) is 37.7. The van der Waals surface area contributed by atoms with Crippen LogP contribution >= 0.6 is 0 Å². The Bertz CT molecular complexity index is 1590. The Morgan fingerprint density at radius 1 is 0.900 bits per heavy atom. The monoisotopic (exact) mass is 687 g/mol. The average molecular weight is 688 g/mol. The number of aliphatic carboxylic acids is 1. The zero-order valence-corrected chi connectivity index (χ0v) is 32.0. The van der Waals surface area contributed by atoms with Gasteiger partial charge in [0.1, 0.15) is 6.10 Å². The highest BCUT2D eigenvalue weighted by Gasteiger charge is 2.70. The van der Waals surface area contributed by atoms with Crippen molar-refractivity contribution in [3.05, 3.63) is 47.0 Å². The van der Waals surface area contributed by atoms with Crippen LogP contribution in [0, 0.1) is 50.7 Å². The van der Waals surface area contributed by atoms with Crippen molar-refractivity contribution in [1.82, 2.24) is 5.32 Å². The number of esters is 1. The lowest BCUT2D eigenvalue weighted by atomic mass is 9.33. The molecule has 4 saturated carbocycles. The van der Waals surface area contributed by atoms with E-state index in [4.69, 9.17) is 4.74 Å². The van der Waals surface area contributed by atoms with Gasteiger partial charge in [-0.25, -0.2) is 0 Å². The number of hydrogen-bond acceptors (Lipinski definition) is 5. The molecule has 274 valence electrons. The first-order chi connectivity index (χ1) is 23.2. The van der Waals surface area contributed by atoms with E-state index in [2.05, 4.69) is 53.8 Å². The molecule has 50 heavy (non-hydrogen) atoms. The smallest absolute Gasteiger partial charge is 0.309 e. The maximum atomic E-state index is 13.9. The molecule has 0 heterocycles. The lowest BCUT2D eigenvalue weighted by Gasteiger charge is -2.72. The molecule has 6 rings (SSSR count). The van der Waals surface area contributed by atoms with Crippen molar-refractivity contribution in [3.8, 4) is 0 Å². The van der Waals surface area contributed by atoms with Gasteiger partial charge >= 0.3 is 11.9 Å². The van der Waals surface area contributed by atoms with Gasteiger partial charge < -0.3 is 15.2 Å². The minimum Gasteiger partial charge on any atom is -0.481 e. The van der Waals surface area contributed by atoms with Crippen molar-refractivity contribution in [2.75, 3.05) is 0 Å². The molecule has 7 heteroatoms. The standard InChI is InChI=1S/C43H61NO6/c1-26(2)35-29(45)24-43(44-33(46)23-27-13-11-10-12-14-27)22-21-41(8)28(36(35)43)15-16-31-40(7)19-18-32(50-34(47)25-38(3,4)37(48)49)39(5,6)30(40)17-20-42(31,41)9/h10-14,26,28,30-32H,15-25H2,1-9H3,(H,44,46)(H,48,49)/t28?,30?,31?,32-,40-,41+,42+,43+/m0/s1. The van der Waals surface area contributed by atoms with E-state index in [1.165, 1.54) is 5.57 Å². The predicted molar refractivity (Wildman–Crippen MR) is 194 cm³/mol. The molecule has 1 aromatic rings. The van der Waals surface area contributed by atoms with Gasteiger partial charge in [0.25, 0.3) is 0 Å². The molecule has 0 spiro atoms. The number of ketones is 1. The summed E-state index contributed by atoms with van der Waals surface area (Å²) in [5.74, 6) is -0.0171. The van der Waals surface area contributed by atoms with E-state index in [0.29, 0.717) is 24.7 Å². The number of carbonyl (C=O) groups excluding carboxylic acids is 3. The van der Waals surface area contributed by atoms with Gasteiger partial charge in [0, 0.05) is 11.8 Å². The van der Waals surface area contributed by atoms with Crippen LogP contribution in [0.1, 0.15) is 132 Å². The van der Waals surface area contributed by atoms with E-state index >= 15 is 0 Å². The summed E-state index contributed by atoms with van der Waals surface area (Å²) < 4.78 is 6.15. The van der Waals surface area contributed by atoms with Crippen molar-refractivity contribution in [3.63, 3.8) is 0 Å². The summed E-state index contributed by atoms with van der Waals surface area (Å²) in [6.07, 6.45) is 8.03. The highest BCUT2D eigenvalue weighted by Crippen LogP contribution is 2.76. The number of carbonyl (C=O) groups is 4. The van der Waals surface area contributed by atoms with Crippen molar-refractivity contribution in [2.45, 2.75) is 145 Å². The number of rotatable bonds is 8. The summed E-state index contributed by atoms with van der Waals surface area (Å²) in [5, 5.41) is 13.1. The first-order valence-electron chi connectivity index (χ1n) is 19.3. The molecule has 0 saturated heterocycles. The van der Waals surface area contributed by atoms with Crippen molar-refractivity contribution >= 4 is 23.6 Å². The molecule has 1 aromatic carbocycles. The first kappa shape index (κ1) is 36.8. The quantitative estimate of drug-likeness (QED) is 0.265. The van der Waals surface area contributed by atoms with Gasteiger partial charge in [0.15, 0.2) is 5.78 Å². The van der Waals surface area contributed by atoms with E-state index in [1.807, 2.05) is 30.3 Å². The van der Waals surface area contributed by atoms with Crippen molar-refractivity contribution in [1.29, 1.82) is 0 Å². The van der Waals surface area contributed by atoms with Crippen LogP contribution in [0.15, 0.2) is 41.5 Å². The Morgan fingerprint density at radius 2 is 1.58 bits per heavy atom. The number of carboxylic acid groups (broad SMARTS) is 1. The number of hydrogen-bond donors (Lipinski definition) is 2. The van der Waals surface area contributed by atoms with Crippen LogP contribution in [0.5, 0.6) is 0 Å². The fourth-order valence-corrected chi connectivity index (χ4v) is 12.7. The van der Waals surface area contributed by atoms with Crippen molar-refractivity contribution in [2.24, 2.45) is 50.7 Å². The average Bonchev–Trinajstić information content (AvgIpc) is 3.30. The molecule has 3 unspecified atom stereocenters. The molecule has 4 fully saturated rings. The number of amides is 1. The zero-order chi connectivity index (χ0) is 36.7. The Hall–Kier alpha value is -2.96.